The summed E-state index contributed by atoms with van der Waals surface area (Å²) in [5, 5.41) is 17.3. The summed E-state index contributed by atoms with van der Waals surface area (Å²) >= 11 is 0. The van der Waals surface area contributed by atoms with E-state index in [0.29, 0.717) is 29.3 Å². The van der Waals surface area contributed by atoms with E-state index >= 15 is 0 Å². The molecule has 11 nitrogen and oxygen atoms in total. The van der Waals surface area contributed by atoms with Crippen LogP contribution in [-0.2, 0) is 32.8 Å². The molecule has 4 bridgehead atoms. The molecule has 11 heteroatoms. The first kappa shape index (κ1) is 31.8. The van der Waals surface area contributed by atoms with Crippen molar-refractivity contribution in [2.24, 2.45) is 11.8 Å². The number of carbonyl (C=O) groups excluding carboxylic acids is 2. The van der Waals surface area contributed by atoms with Gasteiger partial charge in [0.05, 0.1) is 18.4 Å². The zero-order chi connectivity index (χ0) is 34.6. The van der Waals surface area contributed by atoms with E-state index in [0.717, 1.165) is 27.9 Å². The first-order valence-corrected chi connectivity index (χ1v) is 17.1. The Balaban J connectivity index is 1.28. The van der Waals surface area contributed by atoms with Gasteiger partial charge in [0.1, 0.15) is 35.8 Å². The molecule has 2 unspecified atom stereocenters. The number of nitrogens with zero attached hydrogens (tertiary/aromatic N) is 2. The van der Waals surface area contributed by atoms with Gasteiger partial charge in [0, 0.05) is 11.3 Å². The van der Waals surface area contributed by atoms with Crippen LogP contribution in [0.2, 0.25) is 0 Å². The molecule has 1 spiro atoms. The van der Waals surface area contributed by atoms with Crippen LogP contribution in [0.5, 0.6) is 5.75 Å². The normalized spacial score (nSPS) is 22.3. The summed E-state index contributed by atoms with van der Waals surface area (Å²) in [4.78, 5) is 37.0. The number of para-hydroxylation sites is 1. The predicted octanol–water partition coefficient (Wildman–Crippen LogP) is 6.37. The summed E-state index contributed by atoms with van der Waals surface area (Å²) < 4.78 is 25.1. The molecule has 5 heterocycles. The maximum atomic E-state index is 14.1. The Morgan fingerprint density at radius 1 is 1.04 bits per heavy atom. The van der Waals surface area contributed by atoms with Crippen molar-refractivity contribution < 1.29 is 33.0 Å². The van der Waals surface area contributed by atoms with Crippen molar-refractivity contribution in [2.75, 3.05) is 5.32 Å². The van der Waals surface area contributed by atoms with Gasteiger partial charge < -0.3 is 34.0 Å². The first-order chi connectivity index (χ1) is 24.3. The highest BCUT2D eigenvalue weighted by atomic mass is 16.5. The first-order valence-electron chi connectivity index (χ1n) is 17.1. The second-order valence-corrected chi connectivity index (χ2v) is 13.5. The van der Waals surface area contributed by atoms with Crippen molar-refractivity contribution >= 4 is 17.6 Å². The summed E-state index contributed by atoms with van der Waals surface area (Å²) in [6.45, 7) is 5.92. The topological polar surface area (TPSA) is 149 Å². The molecule has 8 rings (SSSR count). The molecule has 5 aromatic rings. The Hall–Kier alpha value is -5.42. The lowest BCUT2D eigenvalue weighted by molar-refractivity contribution is -0.148. The second-order valence-electron chi connectivity index (χ2n) is 13.5. The maximum Gasteiger partial charge on any atom is 0.306 e. The SMILES string of the molecule is CCC(O)c1coc(-c2nc3oc2C24c5ccccc5N[C@H]2Oc2ccc(cc24)C[C@H](CC(=O)OCc2ccccc2)C(=O)N[C@H]3C(C)C)n1. The minimum atomic E-state index is -1.02. The average molecular weight is 675 g/mol. The lowest BCUT2D eigenvalue weighted by Gasteiger charge is -2.28. The summed E-state index contributed by atoms with van der Waals surface area (Å²) in [5.41, 5.74) is 4.06. The molecule has 3 aliphatic rings. The van der Waals surface area contributed by atoms with Gasteiger partial charge in [-0.05, 0) is 47.6 Å². The molecule has 0 saturated heterocycles. The monoisotopic (exact) mass is 674 g/mol. The number of esters is 1. The highest BCUT2D eigenvalue weighted by Gasteiger charge is 2.61. The van der Waals surface area contributed by atoms with Gasteiger partial charge in [-0.3, -0.25) is 9.59 Å². The molecule has 0 aliphatic carbocycles. The molecule has 1 amide bonds. The summed E-state index contributed by atoms with van der Waals surface area (Å²) in [6.07, 6.45) is 0.658. The van der Waals surface area contributed by atoms with Gasteiger partial charge in [-0.25, -0.2) is 9.97 Å². The van der Waals surface area contributed by atoms with Gasteiger partial charge >= 0.3 is 5.97 Å². The Bertz CT molecular complexity index is 2070. The van der Waals surface area contributed by atoms with Crippen LogP contribution in [0, 0.1) is 11.8 Å². The quantitative estimate of drug-likeness (QED) is 0.159. The van der Waals surface area contributed by atoms with E-state index in [4.69, 9.17) is 23.3 Å². The Morgan fingerprint density at radius 2 is 1.84 bits per heavy atom. The molecular formula is C39H38N4O7. The number of aliphatic hydroxyl groups is 1. The number of amides is 1. The maximum absolute atomic E-state index is 14.1. The Kier molecular flexibility index (Phi) is 7.94. The number of fused-ring (bicyclic) bond motifs is 4. The lowest BCUT2D eigenvalue weighted by atomic mass is 9.72. The Morgan fingerprint density at radius 3 is 2.64 bits per heavy atom. The fraction of sp³-hybridized carbons (Fsp3) is 0.333. The van der Waals surface area contributed by atoms with Crippen LogP contribution in [-0.4, -0.2) is 33.2 Å². The van der Waals surface area contributed by atoms with E-state index in [2.05, 4.69) is 15.6 Å². The van der Waals surface area contributed by atoms with Gasteiger partial charge in [0.2, 0.25) is 17.7 Å². The molecule has 3 aliphatic heterocycles. The van der Waals surface area contributed by atoms with E-state index in [1.54, 1.807) is 0 Å². The summed E-state index contributed by atoms with van der Waals surface area (Å²) in [5.74, 6) is -0.116. The van der Waals surface area contributed by atoms with Crippen molar-refractivity contribution in [3.63, 3.8) is 0 Å². The number of oxazole rings is 2. The minimum absolute atomic E-state index is 0.115. The van der Waals surface area contributed by atoms with E-state index < -0.39 is 35.7 Å². The number of rotatable bonds is 8. The van der Waals surface area contributed by atoms with E-state index in [9.17, 15) is 14.7 Å². The number of hydrogen-bond acceptors (Lipinski definition) is 10. The van der Waals surface area contributed by atoms with Gasteiger partial charge in [-0.2, -0.15) is 0 Å². The van der Waals surface area contributed by atoms with Crippen LogP contribution in [0.1, 0.15) is 85.4 Å². The highest BCUT2D eigenvalue weighted by Crippen LogP contribution is 2.59. The molecular weight excluding hydrogens is 636 g/mol. The largest absolute Gasteiger partial charge is 0.469 e. The lowest BCUT2D eigenvalue weighted by Crippen LogP contribution is -2.40. The zero-order valence-electron chi connectivity index (χ0n) is 28.0. The molecule has 256 valence electrons. The Labute approximate surface area is 289 Å². The van der Waals surface area contributed by atoms with Crippen molar-refractivity contribution in [3.8, 4) is 17.3 Å². The number of carbonyl (C=O) groups is 2. The van der Waals surface area contributed by atoms with Crippen molar-refractivity contribution in [2.45, 2.75) is 70.4 Å². The van der Waals surface area contributed by atoms with Crippen molar-refractivity contribution in [3.05, 3.63) is 119 Å². The van der Waals surface area contributed by atoms with Crippen LogP contribution < -0.4 is 15.4 Å². The molecule has 0 saturated carbocycles. The number of anilines is 1. The number of aromatic nitrogens is 2. The number of nitrogens with one attached hydrogen (secondary N) is 2. The van der Waals surface area contributed by atoms with Crippen LogP contribution >= 0.6 is 0 Å². The molecule has 3 N–H and O–H groups in total. The number of ether oxygens (including phenoxy) is 2. The van der Waals surface area contributed by atoms with E-state index in [1.807, 2.05) is 93.6 Å². The van der Waals surface area contributed by atoms with Crippen molar-refractivity contribution in [1.82, 2.24) is 15.3 Å². The van der Waals surface area contributed by atoms with Crippen LogP contribution in [0.25, 0.3) is 11.6 Å². The van der Waals surface area contributed by atoms with Crippen LogP contribution in [0.3, 0.4) is 0 Å². The van der Waals surface area contributed by atoms with E-state index in [1.165, 1.54) is 6.26 Å². The molecule has 3 aromatic carbocycles. The van der Waals surface area contributed by atoms with Gasteiger partial charge in [0.25, 0.3) is 0 Å². The smallest absolute Gasteiger partial charge is 0.306 e. The number of aliphatic hydroxyl groups excluding tert-OH is 1. The standard InChI is InChI=1S/C39H38N4O7/c1-4-29(44)28-20-48-36(40-28)33-34-39-25-12-8-9-13-27(25)41-38(39)49-30-15-14-23(17-26(30)39)16-24(18-31(45)47-19-22-10-6-5-7-11-22)35(46)42-32(21(2)3)37(43-33)50-34/h5-15,17,20-21,24,29,32,38,41,44H,4,16,18-19H2,1-3H3,(H,42,46)/t24-,29?,32+,38+,39?/m1/s1. The third kappa shape index (κ3) is 5.24. The molecule has 5 atom stereocenters. The third-order valence-electron chi connectivity index (χ3n) is 9.94. The van der Waals surface area contributed by atoms with Gasteiger partial charge in [0.15, 0.2) is 17.7 Å². The predicted molar refractivity (Wildman–Crippen MR) is 182 cm³/mol. The molecule has 0 fully saturated rings. The van der Waals surface area contributed by atoms with E-state index in [-0.39, 0.29) is 43.1 Å². The molecule has 0 radical (unpaired) electrons. The molecule has 2 aromatic heterocycles. The number of hydrogen-bond donors (Lipinski definition) is 3. The summed E-state index contributed by atoms with van der Waals surface area (Å²) in [7, 11) is 0. The highest BCUT2D eigenvalue weighted by molar-refractivity contribution is 5.84. The molecule has 50 heavy (non-hydrogen) atoms. The van der Waals surface area contributed by atoms with Gasteiger partial charge in [-0.15, -0.1) is 0 Å². The van der Waals surface area contributed by atoms with Gasteiger partial charge in [-0.1, -0.05) is 81.4 Å². The summed E-state index contributed by atoms with van der Waals surface area (Å²) in [6, 6.07) is 22.6. The average Bonchev–Trinajstić information content (AvgIpc) is 3.90. The van der Waals surface area contributed by atoms with Crippen molar-refractivity contribution in [1.29, 1.82) is 0 Å². The van der Waals surface area contributed by atoms with Crippen LogP contribution in [0.15, 0.2) is 87.9 Å². The second kappa shape index (κ2) is 12.5. The van der Waals surface area contributed by atoms with Crippen LogP contribution in [0.4, 0.5) is 5.69 Å². The fourth-order valence-corrected chi connectivity index (χ4v) is 7.32. The zero-order valence-corrected chi connectivity index (χ0v) is 28.0. The third-order valence-corrected chi connectivity index (χ3v) is 9.94. The minimum Gasteiger partial charge on any atom is -0.469 e. The number of benzene rings is 3. The fourth-order valence-electron chi connectivity index (χ4n) is 7.32.